The van der Waals surface area contributed by atoms with E-state index in [0.29, 0.717) is 10.7 Å². The maximum absolute atomic E-state index is 15.6. The van der Waals surface area contributed by atoms with Crippen LogP contribution in [0.25, 0.3) is 0 Å². The van der Waals surface area contributed by atoms with E-state index >= 15 is 4.39 Å². The molecule has 0 bridgehead atoms. The molecule has 2 aliphatic rings. The molecule has 3 aromatic rings. The van der Waals surface area contributed by atoms with Crippen LogP contribution in [0.3, 0.4) is 0 Å². The fourth-order valence-electron chi connectivity index (χ4n) is 5.65. The Kier molecular flexibility index (Phi) is 7.13. The lowest BCUT2D eigenvalue weighted by Gasteiger charge is -2.49. The third-order valence-electron chi connectivity index (χ3n) is 7.29. The fraction of sp³-hybridized carbons (Fsp3) is 0.308. The number of ether oxygens (including phenoxy) is 1. The van der Waals surface area contributed by atoms with E-state index in [1.807, 2.05) is 0 Å². The topological polar surface area (TPSA) is 89.5 Å². The Morgan fingerprint density at radius 3 is 2.37 bits per heavy atom. The lowest BCUT2D eigenvalue weighted by Crippen LogP contribution is -2.53. The Hall–Kier alpha value is -2.40. The number of nitrogens with one attached hydrogen (secondary N) is 1. The first-order valence-corrected chi connectivity index (χ1v) is 15.7. The zero-order chi connectivity index (χ0) is 27.3. The zero-order valence-corrected chi connectivity index (χ0v) is 23.0. The molecule has 0 radical (unpaired) electrons. The summed E-state index contributed by atoms with van der Waals surface area (Å²) < 4.78 is 91.1. The van der Waals surface area contributed by atoms with Gasteiger partial charge in [-0.15, -0.1) is 0 Å². The zero-order valence-electron chi connectivity index (χ0n) is 19.8. The molecular weight excluding hydrogens is 579 g/mol. The lowest BCUT2D eigenvalue weighted by molar-refractivity contribution is 0.103. The van der Waals surface area contributed by atoms with Crippen LogP contribution in [0.5, 0.6) is 5.75 Å². The normalized spacial score (nSPS) is 23.2. The highest BCUT2D eigenvalue weighted by Gasteiger charge is 2.60. The van der Waals surface area contributed by atoms with E-state index in [4.69, 9.17) is 27.9 Å². The average molecular weight is 603 g/mol. The Bertz CT molecular complexity index is 1590. The molecule has 0 spiro atoms. The number of hydrogen-bond acceptors (Lipinski definition) is 5. The molecule has 0 saturated heterocycles. The predicted octanol–water partition coefficient (Wildman–Crippen LogP) is 6.19. The highest BCUT2D eigenvalue weighted by Crippen LogP contribution is 2.58. The summed E-state index contributed by atoms with van der Waals surface area (Å²) in [4.78, 5) is -0.114. The van der Waals surface area contributed by atoms with Crippen LogP contribution in [0.15, 0.2) is 65.6 Å². The fourth-order valence-corrected chi connectivity index (χ4v) is 9.82. The van der Waals surface area contributed by atoms with Gasteiger partial charge in [0.2, 0.25) is 10.0 Å². The summed E-state index contributed by atoms with van der Waals surface area (Å²) >= 11 is 11.9. The standard InChI is InChI=1S/C26H23Cl2F2NO5S2/c27-18-6-8-20(9-7-18)38(34,35)26-11-10-16(15-37(32,33)31-19-4-2-1-3-5-19)12-17(26)14-36-25-22(29)13-21(28)24(30)23(25)26/h1-9,13,16-17,31H,10-12,14-15H2/t16-,17-,26+/m1/s1. The average Bonchev–Trinajstić information content (AvgIpc) is 2.87. The number of fused-ring (bicyclic) bond motifs is 3. The van der Waals surface area contributed by atoms with Crippen LogP contribution in [0.2, 0.25) is 10.0 Å². The van der Waals surface area contributed by atoms with Crippen molar-refractivity contribution in [1.82, 2.24) is 0 Å². The number of benzene rings is 3. The lowest BCUT2D eigenvalue weighted by atomic mass is 9.69. The molecule has 1 saturated carbocycles. The van der Waals surface area contributed by atoms with Crippen LogP contribution in [-0.4, -0.2) is 29.2 Å². The van der Waals surface area contributed by atoms with Gasteiger partial charge in [-0.2, -0.15) is 0 Å². The van der Waals surface area contributed by atoms with Crippen molar-refractivity contribution in [3.63, 3.8) is 0 Å². The van der Waals surface area contributed by atoms with Crippen molar-refractivity contribution in [2.45, 2.75) is 28.9 Å². The van der Waals surface area contributed by atoms with Gasteiger partial charge in [-0.05, 0) is 67.6 Å². The van der Waals surface area contributed by atoms with Crippen molar-refractivity contribution in [2.75, 3.05) is 17.1 Å². The van der Waals surface area contributed by atoms with Crippen molar-refractivity contribution >= 4 is 48.7 Å². The van der Waals surface area contributed by atoms with Gasteiger partial charge in [0, 0.05) is 16.6 Å². The van der Waals surface area contributed by atoms with Crippen LogP contribution in [0.1, 0.15) is 24.8 Å². The van der Waals surface area contributed by atoms with Crippen LogP contribution in [0, 0.1) is 23.5 Å². The van der Waals surface area contributed by atoms with Crippen LogP contribution in [-0.2, 0) is 24.6 Å². The Labute approximate surface area is 229 Å². The number of halogens is 4. The summed E-state index contributed by atoms with van der Waals surface area (Å²) in [5.41, 5.74) is -0.0393. The second-order valence-electron chi connectivity index (χ2n) is 9.60. The van der Waals surface area contributed by atoms with Crippen molar-refractivity contribution < 1.29 is 30.4 Å². The first-order chi connectivity index (χ1) is 17.9. The summed E-state index contributed by atoms with van der Waals surface area (Å²) in [6.45, 7) is -0.236. The second-order valence-corrected chi connectivity index (χ2v) is 14.4. The molecule has 3 atom stereocenters. The first-order valence-electron chi connectivity index (χ1n) is 11.8. The molecule has 1 N–H and O–H groups in total. The van der Waals surface area contributed by atoms with Gasteiger partial charge in [-0.3, -0.25) is 4.72 Å². The van der Waals surface area contributed by atoms with Gasteiger partial charge in [0.05, 0.1) is 27.8 Å². The molecule has 1 heterocycles. The minimum atomic E-state index is -4.35. The van der Waals surface area contributed by atoms with Gasteiger partial charge in [-0.25, -0.2) is 25.6 Å². The van der Waals surface area contributed by atoms with E-state index in [-0.39, 0.29) is 36.5 Å². The summed E-state index contributed by atoms with van der Waals surface area (Å²) in [6, 6.07) is 14.6. The Balaban J connectivity index is 1.56. The molecule has 1 aliphatic carbocycles. The van der Waals surface area contributed by atoms with Gasteiger partial charge in [0.1, 0.15) is 4.75 Å². The number of hydrogen-bond donors (Lipinski definition) is 1. The van der Waals surface area contributed by atoms with E-state index in [1.54, 1.807) is 30.3 Å². The van der Waals surface area contributed by atoms with E-state index < -0.39 is 64.4 Å². The highest BCUT2D eigenvalue weighted by atomic mass is 35.5. The van der Waals surface area contributed by atoms with Crippen LogP contribution in [0.4, 0.5) is 14.5 Å². The quantitative estimate of drug-likeness (QED) is 0.340. The number of anilines is 1. The molecule has 202 valence electrons. The number of para-hydroxylation sites is 1. The molecular formula is C26H23Cl2F2NO5S2. The monoisotopic (exact) mass is 601 g/mol. The van der Waals surface area contributed by atoms with E-state index in [1.165, 1.54) is 24.3 Å². The maximum atomic E-state index is 15.6. The SMILES string of the molecule is O=S(=O)(C[C@@H]1CC[C@@]2(S(=O)(=O)c3ccc(Cl)cc3)c3c(F)c(Cl)cc(F)c3OC[C@H]2C1)Nc1ccccc1. The van der Waals surface area contributed by atoms with Gasteiger partial charge in [0.15, 0.2) is 27.2 Å². The molecule has 1 aliphatic heterocycles. The van der Waals surface area contributed by atoms with E-state index in [0.717, 1.165) is 6.07 Å². The molecule has 0 unspecified atom stereocenters. The minimum absolute atomic E-state index is 0.0928. The maximum Gasteiger partial charge on any atom is 0.232 e. The third kappa shape index (κ3) is 4.65. The highest BCUT2D eigenvalue weighted by molar-refractivity contribution is 7.93. The molecule has 0 amide bonds. The second kappa shape index (κ2) is 9.97. The van der Waals surface area contributed by atoms with Crippen molar-refractivity contribution in [3.8, 4) is 5.75 Å². The summed E-state index contributed by atoms with van der Waals surface area (Å²) in [5, 5.41) is -0.251. The molecule has 0 aromatic heterocycles. The molecule has 38 heavy (non-hydrogen) atoms. The van der Waals surface area contributed by atoms with Crippen LogP contribution >= 0.6 is 23.2 Å². The molecule has 5 rings (SSSR count). The third-order valence-corrected chi connectivity index (χ3v) is 11.9. The van der Waals surface area contributed by atoms with Gasteiger partial charge in [-0.1, -0.05) is 41.4 Å². The van der Waals surface area contributed by atoms with Gasteiger partial charge >= 0.3 is 0 Å². The summed E-state index contributed by atoms with van der Waals surface area (Å²) in [6.07, 6.45) is 0.0722. The van der Waals surface area contributed by atoms with E-state index in [9.17, 15) is 21.2 Å². The molecule has 6 nitrogen and oxygen atoms in total. The van der Waals surface area contributed by atoms with E-state index in [2.05, 4.69) is 4.72 Å². The number of sulfonamides is 1. The van der Waals surface area contributed by atoms with Crippen molar-refractivity contribution in [2.24, 2.45) is 11.8 Å². The van der Waals surface area contributed by atoms with Crippen molar-refractivity contribution in [3.05, 3.63) is 87.9 Å². The number of rotatable bonds is 6. The molecule has 1 fully saturated rings. The predicted molar refractivity (Wildman–Crippen MR) is 142 cm³/mol. The number of sulfone groups is 1. The van der Waals surface area contributed by atoms with Gasteiger partial charge < -0.3 is 4.74 Å². The summed E-state index contributed by atoms with van der Waals surface area (Å²) in [5.74, 6) is -4.11. The first kappa shape index (κ1) is 27.2. The van der Waals surface area contributed by atoms with Crippen LogP contribution < -0.4 is 9.46 Å². The minimum Gasteiger partial charge on any atom is -0.490 e. The molecule has 12 heteroatoms. The Morgan fingerprint density at radius 1 is 1.00 bits per heavy atom. The molecule has 3 aromatic carbocycles. The van der Waals surface area contributed by atoms with Crippen molar-refractivity contribution in [1.29, 1.82) is 0 Å². The smallest absolute Gasteiger partial charge is 0.232 e. The Morgan fingerprint density at radius 2 is 1.68 bits per heavy atom. The largest absolute Gasteiger partial charge is 0.490 e. The van der Waals surface area contributed by atoms with Gasteiger partial charge in [0.25, 0.3) is 0 Å². The summed E-state index contributed by atoms with van der Waals surface area (Å²) in [7, 11) is -8.13.